The fraction of sp³-hybridized carbons (Fsp3) is 0.350. The Kier molecular flexibility index (Phi) is 5.57. The molecule has 0 spiro atoms. The second kappa shape index (κ2) is 7.87. The van der Waals surface area contributed by atoms with Crippen molar-refractivity contribution in [2.75, 3.05) is 20.8 Å². The van der Waals surface area contributed by atoms with Crippen LogP contribution >= 0.6 is 11.6 Å². The number of hydrogen-bond acceptors (Lipinski definition) is 4. The highest BCUT2D eigenvalue weighted by atomic mass is 35.5. The maximum absolute atomic E-state index is 12.8. The van der Waals surface area contributed by atoms with Crippen molar-refractivity contribution in [1.29, 1.82) is 0 Å². The van der Waals surface area contributed by atoms with Gasteiger partial charge in [0.2, 0.25) is 0 Å². The average molecular weight is 376 g/mol. The lowest BCUT2D eigenvalue weighted by atomic mass is 9.98. The predicted octanol–water partition coefficient (Wildman–Crippen LogP) is 3.71. The van der Waals surface area contributed by atoms with Gasteiger partial charge in [0.25, 0.3) is 5.91 Å². The molecule has 26 heavy (non-hydrogen) atoms. The second-order valence-corrected chi connectivity index (χ2v) is 6.64. The monoisotopic (exact) mass is 375 g/mol. The summed E-state index contributed by atoms with van der Waals surface area (Å²) in [6.45, 7) is 2.94. The van der Waals surface area contributed by atoms with Gasteiger partial charge in [-0.2, -0.15) is 0 Å². The van der Waals surface area contributed by atoms with Crippen LogP contribution in [0.2, 0.25) is 5.02 Å². The van der Waals surface area contributed by atoms with Crippen LogP contribution in [0.3, 0.4) is 0 Å². The number of ether oxygens (including phenoxy) is 3. The highest BCUT2D eigenvalue weighted by molar-refractivity contribution is 6.30. The van der Waals surface area contributed by atoms with Crippen LogP contribution in [0.15, 0.2) is 36.4 Å². The standard InChI is InChI=1S/C20H22ClNO4/c1-13(26-17-6-4-16(21)5-7-17)20(23)22-9-8-14-10-18(24-2)19(25-3)11-15(14)12-22/h4-7,10-11,13H,8-9,12H2,1-3H3/t13-/m0/s1. The predicted molar refractivity (Wildman–Crippen MR) is 100 cm³/mol. The van der Waals surface area contributed by atoms with Crippen molar-refractivity contribution >= 4 is 17.5 Å². The highest BCUT2D eigenvalue weighted by Crippen LogP contribution is 2.33. The fourth-order valence-corrected chi connectivity index (χ4v) is 3.22. The van der Waals surface area contributed by atoms with Crippen LogP contribution < -0.4 is 14.2 Å². The van der Waals surface area contributed by atoms with Crippen LogP contribution in [-0.2, 0) is 17.8 Å². The van der Waals surface area contributed by atoms with Gasteiger partial charge in [0.15, 0.2) is 17.6 Å². The minimum atomic E-state index is -0.571. The topological polar surface area (TPSA) is 48.0 Å². The number of carbonyl (C=O) groups is 1. The Morgan fingerprint density at radius 2 is 1.69 bits per heavy atom. The SMILES string of the molecule is COc1cc2c(cc1OC)CN(C(=O)[C@H](C)Oc1ccc(Cl)cc1)CC2. The van der Waals surface area contributed by atoms with Crippen LogP contribution in [0.1, 0.15) is 18.1 Å². The number of methoxy groups -OCH3 is 2. The zero-order valence-corrected chi connectivity index (χ0v) is 15.9. The van der Waals surface area contributed by atoms with Crippen LogP contribution in [0.5, 0.6) is 17.2 Å². The van der Waals surface area contributed by atoms with Gasteiger partial charge in [-0.1, -0.05) is 11.6 Å². The summed E-state index contributed by atoms with van der Waals surface area (Å²) in [5, 5.41) is 0.633. The van der Waals surface area contributed by atoms with Crippen molar-refractivity contribution in [2.45, 2.75) is 26.0 Å². The van der Waals surface area contributed by atoms with E-state index in [2.05, 4.69) is 0 Å². The molecule has 1 aliphatic heterocycles. The van der Waals surface area contributed by atoms with Crippen LogP contribution in [0.4, 0.5) is 0 Å². The van der Waals surface area contributed by atoms with Gasteiger partial charge >= 0.3 is 0 Å². The first-order valence-electron chi connectivity index (χ1n) is 8.46. The van der Waals surface area contributed by atoms with Gasteiger partial charge in [-0.15, -0.1) is 0 Å². The zero-order valence-electron chi connectivity index (χ0n) is 15.1. The maximum atomic E-state index is 12.8. The minimum Gasteiger partial charge on any atom is -0.493 e. The van der Waals surface area contributed by atoms with E-state index in [4.69, 9.17) is 25.8 Å². The first-order valence-corrected chi connectivity index (χ1v) is 8.84. The Hall–Kier alpha value is -2.40. The molecule has 0 aliphatic carbocycles. The van der Waals surface area contributed by atoms with E-state index in [9.17, 15) is 4.79 Å². The van der Waals surface area contributed by atoms with E-state index in [0.717, 1.165) is 12.0 Å². The molecule has 0 saturated heterocycles. The molecule has 0 bridgehead atoms. The summed E-state index contributed by atoms with van der Waals surface area (Å²) in [5.74, 6) is 1.97. The lowest BCUT2D eigenvalue weighted by molar-refractivity contribution is -0.138. The fourth-order valence-electron chi connectivity index (χ4n) is 3.10. The smallest absolute Gasteiger partial charge is 0.263 e. The molecular formula is C20H22ClNO4. The molecule has 1 heterocycles. The van der Waals surface area contributed by atoms with E-state index in [0.29, 0.717) is 35.4 Å². The summed E-state index contributed by atoms with van der Waals surface area (Å²) in [7, 11) is 3.23. The Bertz CT molecular complexity index is 791. The maximum Gasteiger partial charge on any atom is 0.263 e. The zero-order chi connectivity index (χ0) is 18.7. The molecule has 2 aromatic carbocycles. The molecule has 1 aliphatic rings. The van der Waals surface area contributed by atoms with Crippen LogP contribution in [-0.4, -0.2) is 37.7 Å². The van der Waals surface area contributed by atoms with Gasteiger partial charge in [-0.3, -0.25) is 4.79 Å². The molecule has 3 rings (SSSR count). The van der Waals surface area contributed by atoms with Crippen molar-refractivity contribution < 1.29 is 19.0 Å². The van der Waals surface area contributed by atoms with Crippen molar-refractivity contribution in [3.05, 3.63) is 52.5 Å². The van der Waals surface area contributed by atoms with Gasteiger partial charge < -0.3 is 19.1 Å². The molecule has 0 N–H and O–H groups in total. The van der Waals surface area contributed by atoms with E-state index >= 15 is 0 Å². The van der Waals surface area contributed by atoms with Gasteiger partial charge in [0.05, 0.1) is 14.2 Å². The molecule has 138 valence electrons. The molecule has 0 fully saturated rings. The minimum absolute atomic E-state index is 0.0413. The van der Waals surface area contributed by atoms with E-state index in [1.54, 1.807) is 45.4 Å². The molecule has 0 saturated carbocycles. The van der Waals surface area contributed by atoms with Gasteiger partial charge in [-0.05, 0) is 60.9 Å². The molecule has 1 amide bonds. The molecule has 0 aromatic heterocycles. The average Bonchev–Trinajstić information content (AvgIpc) is 2.67. The number of hydrogen-bond donors (Lipinski definition) is 0. The number of nitrogens with zero attached hydrogens (tertiary/aromatic N) is 1. The second-order valence-electron chi connectivity index (χ2n) is 6.20. The molecular weight excluding hydrogens is 354 g/mol. The number of halogens is 1. The number of fused-ring (bicyclic) bond motifs is 1. The summed E-state index contributed by atoms with van der Waals surface area (Å²) in [6, 6.07) is 10.9. The Morgan fingerprint density at radius 3 is 2.31 bits per heavy atom. The molecule has 2 aromatic rings. The summed E-state index contributed by atoms with van der Waals surface area (Å²) in [4.78, 5) is 14.6. The van der Waals surface area contributed by atoms with Gasteiger partial charge in [0.1, 0.15) is 5.75 Å². The number of rotatable bonds is 5. The largest absolute Gasteiger partial charge is 0.493 e. The Labute approximate surface area is 158 Å². The normalized spacial score (nSPS) is 14.4. The highest BCUT2D eigenvalue weighted by Gasteiger charge is 2.27. The van der Waals surface area contributed by atoms with E-state index in [1.807, 2.05) is 17.0 Å². The third-order valence-electron chi connectivity index (χ3n) is 4.50. The number of benzene rings is 2. The molecule has 1 atom stereocenters. The third-order valence-corrected chi connectivity index (χ3v) is 4.76. The van der Waals surface area contributed by atoms with Gasteiger partial charge in [0, 0.05) is 18.1 Å². The summed E-state index contributed by atoms with van der Waals surface area (Å²) in [5.41, 5.74) is 2.25. The Morgan fingerprint density at radius 1 is 1.08 bits per heavy atom. The van der Waals surface area contributed by atoms with Crippen LogP contribution in [0.25, 0.3) is 0 Å². The number of carbonyl (C=O) groups excluding carboxylic acids is 1. The number of amides is 1. The lowest BCUT2D eigenvalue weighted by Crippen LogP contribution is -2.43. The van der Waals surface area contributed by atoms with Crippen molar-refractivity contribution in [3.8, 4) is 17.2 Å². The molecule has 0 unspecified atom stereocenters. The van der Waals surface area contributed by atoms with E-state index in [-0.39, 0.29) is 5.91 Å². The summed E-state index contributed by atoms with van der Waals surface area (Å²) in [6.07, 6.45) is 0.201. The summed E-state index contributed by atoms with van der Waals surface area (Å²) < 4.78 is 16.5. The van der Waals surface area contributed by atoms with Crippen molar-refractivity contribution in [3.63, 3.8) is 0 Å². The Balaban J connectivity index is 1.71. The lowest BCUT2D eigenvalue weighted by Gasteiger charge is -2.31. The van der Waals surface area contributed by atoms with Gasteiger partial charge in [-0.25, -0.2) is 0 Å². The molecule has 6 heteroatoms. The third kappa shape index (κ3) is 3.88. The van der Waals surface area contributed by atoms with E-state index < -0.39 is 6.10 Å². The first kappa shape index (κ1) is 18.4. The quantitative estimate of drug-likeness (QED) is 0.799. The molecule has 0 radical (unpaired) electrons. The van der Waals surface area contributed by atoms with Crippen LogP contribution in [0, 0.1) is 0 Å². The first-order chi connectivity index (χ1) is 12.5. The van der Waals surface area contributed by atoms with Crippen molar-refractivity contribution in [2.24, 2.45) is 0 Å². The van der Waals surface area contributed by atoms with Crippen molar-refractivity contribution in [1.82, 2.24) is 4.90 Å². The summed E-state index contributed by atoms with van der Waals surface area (Å²) >= 11 is 5.88. The van der Waals surface area contributed by atoms with E-state index in [1.165, 1.54) is 5.56 Å². The molecule has 5 nitrogen and oxygen atoms in total.